The molecule has 0 aromatic carbocycles. The summed E-state index contributed by atoms with van der Waals surface area (Å²) in [6.45, 7) is 4.16. The van der Waals surface area contributed by atoms with Gasteiger partial charge in [0.1, 0.15) is 0 Å². The molecule has 1 aliphatic heterocycles. The molecule has 2 rings (SSSR count). The average molecular weight is 283 g/mol. The second kappa shape index (κ2) is 6.98. The minimum atomic E-state index is -0.327. The molecule has 0 bridgehead atoms. The van der Waals surface area contributed by atoms with Crippen molar-refractivity contribution < 1.29 is 4.92 Å². The standard InChI is InChI=1S/C13H21N3O2S/c1-15-8-5-11(6-9-15)4-7-14-10-12-2-3-13(19-12)16(17)18/h2-3,11,14H,4-10H2,1H3. The number of piperidine rings is 1. The summed E-state index contributed by atoms with van der Waals surface area (Å²) < 4.78 is 0. The molecule has 2 heterocycles. The Balaban J connectivity index is 1.62. The first-order valence-corrected chi connectivity index (χ1v) is 7.59. The van der Waals surface area contributed by atoms with Gasteiger partial charge in [0.15, 0.2) is 0 Å². The van der Waals surface area contributed by atoms with Gasteiger partial charge in [-0.3, -0.25) is 10.1 Å². The van der Waals surface area contributed by atoms with Gasteiger partial charge in [-0.05, 0) is 57.9 Å². The normalized spacial score (nSPS) is 17.7. The van der Waals surface area contributed by atoms with Gasteiger partial charge >= 0.3 is 5.00 Å². The number of hydrogen-bond donors (Lipinski definition) is 1. The summed E-state index contributed by atoms with van der Waals surface area (Å²) >= 11 is 1.26. The van der Waals surface area contributed by atoms with Crippen molar-refractivity contribution >= 4 is 16.3 Å². The fraction of sp³-hybridized carbons (Fsp3) is 0.692. The van der Waals surface area contributed by atoms with Gasteiger partial charge in [-0.2, -0.15) is 0 Å². The molecular formula is C13H21N3O2S. The topological polar surface area (TPSA) is 58.4 Å². The van der Waals surface area contributed by atoms with Crippen LogP contribution < -0.4 is 5.32 Å². The largest absolute Gasteiger partial charge is 0.324 e. The van der Waals surface area contributed by atoms with Crippen LogP contribution in [0.3, 0.4) is 0 Å². The summed E-state index contributed by atoms with van der Waals surface area (Å²) in [7, 11) is 2.18. The van der Waals surface area contributed by atoms with Gasteiger partial charge in [-0.1, -0.05) is 11.3 Å². The Kier molecular flexibility index (Phi) is 5.30. The van der Waals surface area contributed by atoms with Crippen molar-refractivity contribution in [3.8, 4) is 0 Å². The van der Waals surface area contributed by atoms with E-state index in [9.17, 15) is 10.1 Å². The lowest BCUT2D eigenvalue weighted by molar-refractivity contribution is -0.380. The van der Waals surface area contributed by atoms with Crippen LogP contribution in [0.1, 0.15) is 24.1 Å². The van der Waals surface area contributed by atoms with E-state index in [2.05, 4.69) is 17.3 Å². The zero-order valence-corrected chi connectivity index (χ0v) is 12.1. The van der Waals surface area contributed by atoms with Gasteiger partial charge in [0.2, 0.25) is 0 Å². The van der Waals surface area contributed by atoms with Crippen molar-refractivity contribution in [2.45, 2.75) is 25.8 Å². The van der Waals surface area contributed by atoms with Gasteiger partial charge in [0, 0.05) is 17.5 Å². The molecule has 0 amide bonds. The quantitative estimate of drug-likeness (QED) is 0.495. The summed E-state index contributed by atoms with van der Waals surface area (Å²) in [5.41, 5.74) is 0. The van der Waals surface area contributed by atoms with E-state index in [0.717, 1.165) is 23.9 Å². The fourth-order valence-corrected chi connectivity index (χ4v) is 3.22. The molecule has 1 aromatic rings. The van der Waals surface area contributed by atoms with Crippen LogP contribution in [-0.4, -0.2) is 36.5 Å². The van der Waals surface area contributed by atoms with Gasteiger partial charge in [0.05, 0.1) is 4.92 Å². The van der Waals surface area contributed by atoms with Crippen molar-refractivity contribution in [2.75, 3.05) is 26.7 Å². The zero-order chi connectivity index (χ0) is 13.7. The maximum atomic E-state index is 10.6. The highest BCUT2D eigenvalue weighted by atomic mass is 32.1. The lowest BCUT2D eigenvalue weighted by Crippen LogP contribution is -2.31. The third-order valence-corrected chi connectivity index (χ3v) is 4.73. The molecule has 1 aromatic heterocycles. The first-order valence-electron chi connectivity index (χ1n) is 6.77. The van der Waals surface area contributed by atoms with Gasteiger partial charge in [-0.15, -0.1) is 0 Å². The van der Waals surface area contributed by atoms with Gasteiger partial charge < -0.3 is 10.2 Å². The minimum Gasteiger partial charge on any atom is -0.312 e. The molecule has 5 nitrogen and oxygen atoms in total. The fourth-order valence-electron chi connectivity index (χ4n) is 2.43. The molecule has 0 spiro atoms. The molecule has 1 fully saturated rings. The molecule has 6 heteroatoms. The predicted octanol–water partition coefficient (Wildman–Crippen LogP) is 2.48. The predicted molar refractivity (Wildman–Crippen MR) is 77.5 cm³/mol. The number of nitrogens with zero attached hydrogens (tertiary/aromatic N) is 2. The number of likely N-dealkylation sites (tertiary alicyclic amines) is 1. The highest BCUT2D eigenvalue weighted by Gasteiger charge is 2.16. The monoisotopic (exact) mass is 283 g/mol. The van der Waals surface area contributed by atoms with Crippen LogP contribution in [0, 0.1) is 16.0 Å². The summed E-state index contributed by atoms with van der Waals surface area (Å²) in [6, 6.07) is 3.42. The van der Waals surface area contributed by atoms with Crippen LogP contribution in [0.2, 0.25) is 0 Å². The number of thiophene rings is 1. The SMILES string of the molecule is CN1CCC(CCNCc2ccc([N+](=O)[O-])s2)CC1. The van der Waals surface area contributed by atoms with Crippen molar-refractivity contribution in [1.82, 2.24) is 10.2 Å². The Labute approximate surface area is 117 Å². The smallest absolute Gasteiger partial charge is 0.312 e. The highest BCUT2D eigenvalue weighted by Crippen LogP contribution is 2.24. The van der Waals surface area contributed by atoms with Gasteiger partial charge in [-0.25, -0.2) is 0 Å². The summed E-state index contributed by atoms with van der Waals surface area (Å²) in [4.78, 5) is 13.7. The number of nitro groups is 1. The summed E-state index contributed by atoms with van der Waals surface area (Å²) in [5.74, 6) is 0.835. The Hall–Kier alpha value is -0.980. The molecule has 1 N–H and O–H groups in total. The number of nitrogens with one attached hydrogen (secondary N) is 1. The first kappa shape index (κ1) is 14.4. The van der Waals surface area contributed by atoms with E-state index in [1.54, 1.807) is 6.07 Å². The van der Waals surface area contributed by atoms with E-state index < -0.39 is 0 Å². The summed E-state index contributed by atoms with van der Waals surface area (Å²) in [5, 5.41) is 14.2. The molecule has 106 valence electrons. The molecule has 1 saturated heterocycles. The maximum Gasteiger partial charge on any atom is 0.324 e. The Morgan fingerprint density at radius 1 is 1.47 bits per heavy atom. The van der Waals surface area contributed by atoms with E-state index in [1.165, 1.54) is 43.7 Å². The van der Waals surface area contributed by atoms with Crippen LogP contribution in [0.4, 0.5) is 5.00 Å². The van der Waals surface area contributed by atoms with Crippen molar-refractivity contribution in [1.29, 1.82) is 0 Å². The van der Waals surface area contributed by atoms with E-state index in [4.69, 9.17) is 0 Å². The lowest BCUT2D eigenvalue weighted by Gasteiger charge is -2.28. The van der Waals surface area contributed by atoms with Crippen molar-refractivity contribution in [3.63, 3.8) is 0 Å². The van der Waals surface area contributed by atoms with Crippen LogP contribution in [0.25, 0.3) is 0 Å². The minimum absolute atomic E-state index is 0.229. The third kappa shape index (κ3) is 4.56. The van der Waals surface area contributed by atoms with E-state index in [0.29, 0.717) is 0 Å². The number of hydrogen-bond acceptors (Lipinski definition) is 5. The highest BCUT2D eigenvalue weighted by molar-refractivity contribution is 7.15. The van der Waals surface area contributed by atoms with Gasteiger partial charge in [0.25, 0.3) is 0 Å². The lowest BCUT2D eigenvalue weighted by atomic mass is 9.94. The van der Waals surface area contributed by atoms with Crippen LogP contribution >= 0.6 is 11.3 Å². The third-order valence-electron chi connectivity index (χ3n) is 3.69. The second-order valence-corrected chi connectivity index (χ2v) is 6.36. The average Bonchev–Trinajstić information content (AvgIpc) is 2.86. The molecule has 0 aliphatic carbocycles. The first-order chi connectivity index (χ1) is 9.15. The molecule has 0 saturated carbocycles. The van der Waals surface area contributed by atoms with Crippen LogP contribution in [-0.2, 0) is 6.54 Å². The molecule has 0 atom stereocenters. The van der Waals surface area contributed by atoms with E-state index >= 15 is 0 Å². The van der Waals surface area contributed by atoms with Crippen LogP contribution in [0.15, 0.2) is 12.1 Å². The van der Waals surface area contributed by atoms with E-state index in [1.807, 2.05) is 6.07 Å². The second-order valence-electron chi connectivity index (χ2n) is 5.21. The molecule has 0 unspecified atom stereocenters. The summed E-state index contributed by atoms with van der Waals surface area (Å²) in [6.07, 6.45) is 3.80. The molecule has 0 radical (unpaired) electrons. The Morgan fingerprint density at radius 3 is 2.84 bits per heavy atom. The maximum absolute atomic E-state index is 10.6. The molecule has 19 heavy (non-hydrogen) atoms. The molecule has 1 aliphatic rings. The Morgan fingerprint density at radius 2 is 2.21 bits per heavy atom. The van der Waals surface area contributed by atoms with E-state index in [-0.39, 0.29) is 9.92 Å². The molecular weight excluding hydrogens is 262 g/mol. The Bertz CT molecular complexity index is 414. The zero-order valence-electron chi connectivity index (χ0n) is 11.3. The van der Waals surface area contributed by atoms with Crippen molar-refractivity contribution in [2.24, 2.45) is 5.92 Å². The van der Waals surface area contributed by atoms with Crippen molar-refractivity contribution in [3.05, 3.63) is 27.1 Å². The van der Waals surface area contributed by atoms with Crippen LogP contribution in [0.5, 0.6) is 0 Å². The number of rotatable bonds is 6.